The molecule has 0 saturated heterocycles. The van der Waals surface area contributed by atoms with Gasteiger partial charge in [0.15, 0.2) is 6.10 Å². The normalized spacial score (nSPS) is 19.1. The minimum absolute atomic E-state index is 0.0247. The quantitative estimate of drug-likeness (QED) is 0.837. The summed E-state index contributed by atoms with van der Waals surface area (Å²) in [7, 11) is 1.61. The molecule has 2 rings (SSSR count). The minimum Gasteiger partial charge on any atom is -0.477 e. The van der Waals surface area contributed by atoms with E-state index in [1.807, 2.05) is 31.2 Å². The molecule has 1 aliphatic heterocycles. The monoisotopic (exact) mass is 250 g/mol. The van der Waals surface area contributed by atoms with E-state index in [1.54, 1.807) is 7.11 Å². The third kappa shape index (κ3) is 2.92. The van der Waals surface area contributed by atoms with E-state index in [9.17, 15) is 4.79 Å². The maximum absolute atomic E-state index is 12.0. The molecule has 18 heavy (non-hydrogen) atoms. The Bertz CT molecular complexity index is 422. The second-order valence-electron chi connectivity index (χ2n) is 4.35. The molecule has 2 unspecified atom stereocenters. The van der Waals surface area contributed by atoms with Crippen molar-refractivity contribution in [3.05, 3.63) is 24.3 Å². The summed E-state index contributed by atoms with van der Waals surface area (Å²) in [4.78, 5) is 12.0. The van der Waals surface area contributed by atoms with Crippen molar-refractivity contribution in [3.63, 3.8) is 0 Å². The van der Waals surface area contributed by atoms with Gasteiger partial charge in [-0.1, -0.05) is 12.1 Å². The lowest BCUT2D eigenvalue weighted by Crippen LogP contribution is -2.48. The molecule has 1 aromatic rings. The zero-order valence-electron chi connectivity index (χ0n) is 10.6. The minimum atomic E-state index is -0.501. The van der Waals surface area contributed by atoms with Crippen LogP contribution in [0.3, 0.4) is 0 Å². The average Bonchev–Trinajstić information content (AvgIpc) is 2.38. The summed E-state index contributed by atoms with van der Waals surface area (Å²) in [6.07, 6.45) is -0.501. The smallest absolute Gasteiger partial charge is 0.263 e. The standard InChI is InChI=1S/C13H18N2O3/c1-9(8-17-2)15-13(16)12-7-14-10-5-3-4-6-11(10)18-12/h3-6,9,12,14H,7-8H2,1-2H3,(H,15,16). The first-order chi connectivity index (χ1) is 8.70. The molecular formula is C13H18N2O3. The Morgan fingerprint density at radius 1 is 1.61 bits per heavy atom. The van der Waals surface area contributed by atoms with Gasteiger partial charge in [0.2, 0.25) is 0 Å². The molecule has 5 heteroatoms. The van der Waals surface area contributed by atoms with Gasteiger partial charge in [-0.3, -0.25) is 4.79 Å². The van der Waals surface area contributed by atoms with E-state index < -0.39 is 6.10 Å². The average molecular weight is 250 g/mol. The highest BCUT2D eigenvalue weighted by Gasteiger charge is 2.26. The number of fused-ring (bicyclic) bond motifs is 1. The van der Waals surface area contributed by atoms with Crippen LogP contribution in [0.2, 0.25) is 0 Å². The summed E-state index contributed by atoms with van der Waals surface area (Å²) in [6.45, 7) is 2.86. The Labute approximate surface area is 106 Å². The van der Waals surface area contributed by atoms with Gasteiger partial charge in [0, 0.05) is 13.2 Å². The fraction of sp³-hybridized carbons (Fsp3) is 0.462. The summed E-state index contributed by atoms with van der Waals surface area (Å²) in [5.41, 5.74) is 0.923. The zero-order chi connectivity index (χ0) is 13.0. The van der Waals surface area contributed by atoms with Crippen LogP contribution in [-0.4, -0.2) is 38.3 Å². The van der Waals surface area contributed by atoms with Gasteiger partial charge in [-0.15, -0.1) is 0 Å². The third-order valence-corrected chi connectivity index (χ3v) is 2.73. The first kappa shape index (κ1) is 12.7. The molecule has 0 radical (unpaired) electrons. The topological polar surface area (TPSA) is 59.6 Å². The van der Waals surface area contributed by atoms with Crippen LogP contribution in [-0.2, 0) is 9.53 Å². The van der Waals surface area contributed by atoms with E-state index in [1.165, 1.54) is 0 Å². The van der Waals surface area contributed by atoms with Gasteiger partial charge < -0.3 is 20.1 Å². The zero-order valence-corrected chi connectivity index (χ0v) is 10.6. The second-order valence-corrected chi connectivity index (χ2v) is 4.35. The lowest BCUT2D eigenvalue weighted by molar-refractivity contribution is -0.128. The number of carbonyl (C=O) groups excluding carboxylic acids is 1. The molecule has 0 aliphatic carbocycles. The maximum Gasteiger partial charge on any atom is 0.263 e. The molecule has 2 N–H and O–H groups in total. The summed E-state index contributed by atoms with van der Waals surface area (Å²) < 4.78 is 10.6. The molecule has 0 fully saturated rings. The number of hydrogen-bond acceptors (Lipinski definition) is 4. The number of hydrogen-bond donors (Lipinski definition) is 2. The van der Waals surface area contributed by atoms with E-state index in [0.717, 1.165) is 5.69 Å². The van der Waals surface area contributed by atoms with Crippen molar-refractivity contribution in [2.45, 2.75) is 19.1 Å². The molecule has 1 aliphatic rings. The number of nitrogens with one attached hydrogen (secondary N) is 2. The first-order valence-electron chi connectivity index (χ1n) is 5.99. The van der Waals surface area contributed by atoms with Crippen LogP contribution in [0.25, 0.3) is 0 Å². The number of carbonyl (C=O) groups is 1. The SMILES string of the molecule is COCC(C)NC(=O)C1CNc2ccccc2O1. The number of benzene rings is 1. The van der Waals surface area contributed by atoms with Gasteiger partial charge in [-0.05, 0) is 19.1 Å². The fourth-order valence-corrected chi connectivity index (χ4v) is 1.89. The van der Waals surface area contributed by atoms with Crippen LogP contribution in [0.15, 0.2) is 24.3 Å². The molecule has 0 bridgehead atoms. The van der Waals surface area contributed by atoms with Gasteiger partial charge >= 0.3 is 0 Å². The van der Waals surface area contributed by atoms with Gasteiger partial charge in [0.1, 0.15) is 5.75 Å². The number of ether oxygens (including phenoxy) is 2. The summed E-state index contributed by atoms with van der Waals surface area (Å²) in [5, 5.41) is 6.03. The van der Waals surface area contributed by atoms with Gasteiger partial charge in [-0.2, -0.15) is 0 Å². The van der Waals surface area contributed by atoms with Gasteiger partial charge in [0.05, 0.1) is 18.8 Å². The van der Waals surface area contributed by atoms with E-state index >= 15 is 0 Å². The fourth-order valence-electron chi connectivity index (χ4n) is 1.89. The van der Waals surface area contributed by atoms with Crippen LogP contribution in [0.5, 0.6) is 5.75 Å². The molecule has 1 aromatic carbocycles. The Hall–Kier alpha value is -1.75. The Kier molecular flexibility index (Phi) is 4.04. The molecule has 1 heterocycles. The highest BCUT2D eigenvalue weighted by Crippen LogP contribution is 2.28. The van der Waals surface area contributed by atoms with Crippen molar-refractivity contribution in [2.24, 2.45) is 0 Å². The number of amides is 1. The summed E-state index contributed by atoms with van der Waals surface area (Å²) >= 11 is 0. The van der Waals surface area contributed by atoms with E-state index in [4.69, 9.17) is 9.47 Å². The van der Waals surface area contributed by atoms with Crippen LogP contribution < -0.4 is 15.4 Å². The molecule has 1 amide bonds. The van der Waals surface area contributed by atoms with Gasteiger partial charge in [0.25, 0.3) is 5.91 Å². The molecule has 2 atom stereocenters. The summed E-state index contributed by atoms with van der Waals surface area (Å²) in [6, 6.07) is 7.56. The molecular weight excluding hydrogens is 232 g/mol. The van der Waals surface area contributed by atoms with Crippen molar-refractivity contribution in [3.8, 4) is 5.75 Å². The largest absolute Gasteiger partial charge is 0.477 e. The highest BCUT2D eigenvalue weighted by atomic mass is 16.5. The third-order valence-electron chi connectivity index (χ3n) is 2.73. The lowest BCUT2D eigenvalue weighted by atomic mass is 10.2. The van der Waals surface area contributed by atoms with Crippen LogP contribution in [0.1, 0.15) is 6.92 Å². The first-order valence-corrected chi connectivity index (χ1v) is 5.99. The van der Waals surface area contributed by atoms with E-state index in [2.05, 4.69) is 10.6 Å². The van der Waals surface area contributed by atoms with E-state index in [0.29, 0.717) is 18.9 Å². The second kappa shape index (κ2) is 5.73. The van der Waals surface area contributed by atoms with Crippen LogP contribution >= 0.6 is 0 Å². The van der Waals surface area contributed by atoms with Crippen molar-refractivity contribution in [1.82, 2.24) is 5.32 Å². The molecule has 98 valence electrons. The van der Waals surface area contributed by atoms with Gasteiger partial charge in [-0.25, -0.2) is 0 Å². The molecule has 5 nitrogen and oxygen atoms in total. The van der Waals surface area contributed by atoms with Crippen molar-refractivity contribution in [1.29, 1.82) is 0 Å². The molecule has 0 aromatic heterocycles. The van der Waals surface area contributed by atoms with Crippen LogP contribution in [0.4, 0.5) is 5.69 Å². The Morgan fingerprint density at radius 3 is 3.17 bits per heavy atom. The number of methoxy groups -OCH3 is 1. The van der Waals surface area contributed by atoms with Crippen LogP contribution in [0, 0.1) is 0 Å². The van der Waals surface area contributed by atoms with Crippen molar-refractivity contribution in [2.75, 3.05) is 25.6 Å². The number of anilines is 1. The number of rotatable bonds is 4. The number of para-hydroxylation sites is 2. The molecule has 0 spiro atoms. The predicted octanol–water partition coefficient (Wildman–Crippen LogP) is 1.01. The Morgan fingerprint density at radius 2 is 2.39 bits per heavy atom. The maximum atomic E-state index is 12.0. The van der Waals surface area contributed by atoms with Crippen molar-refractivity contribution < 1.29 is 14.3 Å². The Balaban J connectivity index is 1.94. The van der Waals surface area contributed by atoms with Crippen molar-refractivity contribution >= 4 is 11.6 Å². The lowest BCUT2D eigenvalue weighted by Gasteiger charge is -2.27. The highest BCUT2D eigenvalue weighted by molar-refractivity contribution is 5.83. The van der Waals surface area contributed by atoms with E-state index in [-0.39, 0.29) is 11.9 Å². The molecule has 0 saturated carbocycles. The predicted molar refractivity (Wildman–Crippen MR) is 68.8 cm³/mol. The summed E-state index contributed by atoms with van der Waals surface area (Å²) in [5.74, 6) is 0.588.